The number of hydrogen-bond acceptors (Lipinski definition) is 5. The summed E-state index contributed by atoms with van der Waals surface area (Å²) in [6.07, 6.45) is -0.556. The number of urea groups is 1. The van der Waals surface area contributed by atoms with Crippen molar-refractivity contribution in [2.45, 2.75) is 43.0 Å². The summed E-state index contributed by atoms with van der Waals surface area (Å²) in [4.78, 5) is 17.2. The van der Waals surface area contributed by atoms with E-state index in [0.29, 0.717) is 5.69 Å². The van der Waals surface area contributed by atoms with Crippen LogP contribution in [0.25, 0.3) is 0 Å². The summed E-state index contributed by atoms with van der Waals surface area (Å²) in [6, 6.07) is 2.95. The standard InChI is InChI=1S/C19H24F3N5O3S/c1-12-10-14(4-7-23-12)24-18(28)27-8-5-13(6-9-27)19(2,22)31(29,30)15-11-26(3)25-16(15)17(20)21/h4,7,10-11,13,17H,5-6,8-9H2,1-3H3,(H,23,24,28)/t19-/m1/s1. The van der Waals surface area contributed by atoms with Crippen LogP contribution in [0.2, 0.25) is 0 Å². The summed E-state index contributed by atoms with van der Waals surface area (Å²) in [6.45, 7) is 2.94. The summed E-state index contributed by atoms with van der Waals surface area (Å²) in [5, 5.41) is 3.41. The van der Waals surface area contributed by atoms with Gasteiger partial charge < -0.3 is 10.2 Å². The van der Waals surface area contributed by atoms with Crippen molar-refractivity contribution in [3.63, 3.8) is 0 Å². The van der Waals surface area contributed by atoms with E-state index in [2.05, 4.69) is 15.4 Å². The molecule has 2 aromatic heterocycles. The molecule has 3 rings (SSSR count). The largest absolute Gasteiger partial charge is 0.325 e. The zero-order valence-corrected chi connectivity index (χ0v) is 18.2. The van der Waals surface area contributed by atoms with Crippen molar-refractivity contribution in [3.8, 4) is 0 Å². The number of sulfone groups is 1. The van der Waals surface area contributed by atoms with Crippen molar-refractivity contribution in [1.82, 2.24) is 19.7 Å². The van der Waals surface area contributed by atoms with E-state index in [1.807, 2.05) is 0 Å². The first kappa shape index (κ1) is 23.0. The van der Waals surface area contributed by atoms with Crippen LogP contribution in [0.3, 0.4) is 0 Å². The molecule has 2 amide bonds. The Bertz CT molecular complexity index is 1060. The summed E-state index contributed by atoms with van der Waals surface area (Å²) in [7, 11) is -3.45. The van der Waals surface area contributed by atoms with Crippen molar-refractivity contribution >= 4 is 21.6 Å². The molecule has 1 aliphatic rings. The van der Waals surface area contributed by atoms with Crippen LogP contribution in [0, 0.1) is 12.8 Å². The molecule has 31 heavy (non-hydrogen) atoms. The first-order valence-corrected chi connectivity index (χ1v) is 11.2. The minimum Gasteiger partial charge on any atom is -0.325 e. The number of aromatic nitrogens is 3. The summed E-state index contributed by atoms with van der Waals surface area (Å²) in [5.41, 5.74) is 0.331. The Morgan fingerprint density at radius 1 is 1.32 bits per heavy atom. The smallest absolute Gasteiger partial charge is 0.321 e. The lowest BCUT2D eigenvalue weighted by Crippen LogP contribution is -2.48. The predicted octanol–water partition coefficient (Wildman–Crippen LogP) is 3.46. The molecular formula is C19H24F3N5O3S. The Labute approximate surface area is 178 Å². The molecule has 0 aromatic carbocycles. The van der Waals surface area contributed by atoms with Gasteiger partial charge in [-0.15, -0.1) is 0 Å². The summed E-state index contributed by atoms with van der Waals surface area (Å²) < 4.78 is 68.8. The van der Waals surface area contributed by atoms with Crippen LogP contribution in [0.1, 0.15) is 37.6 Å². The number of carbonyl (C=O) groups is 1. The molecule has 2 aromatic rings. The van der Waals surface area contributed by atoms with E-state index in [4.69, 9.17) is 0 Å². The van der Waals surface area contributed by atoms with Crippen LogP contribution in [-0.2, 0) is 16.9 Å². The highest BCUT2D eigenvalue weighted by Gasteiger charge is 2.50. The van der Waals surface area contributed by atoms with Gasteiger partial charge in [-0.1, -0.05) is 0 Å². The zero-order chi connectivity index (χ0) is 23.0. The van der Waals surface area contributed by atoms with Gasteiger partial charge in [-0.25, -0.2) is 26.4 Å². The molecule has 0 spiro atoms. The molecule has 0 unspecified atom stereocenters. The Hall–Kier alpha value is -2.63. The topological polar surface area (TPSA) is 97.2 Å². The molecule has 1 saturated heterocycles. The van der Waals surface area contributed by atoms with Crippen LogP contribution >= 0.6 is 0 Å². The molecule has 1 aliphatic heterocycles. The van der Waals surface area contributed by atoms with Crippen molar-refractivity contribution in [3.05, 3.63) is 35.9 Å². The first-order valence-electron chi connectivity index (χ1n) is 9.67. The van der Waals surface area contributed by atoms with E-state index in [0.717, 1.165) is 23.5 Å². The fraction of sp³-hybridized carbons (Fsp3) is 0.526. The normalized spacial score (nSPS) is 17.6. The minimum absolute atomic E-state index is 0.0687. The number of aryl methyl sites for hydroxylation is 2. The van der Waals surface area contributed by atoms with Crippen LogP contribution in [0.15, 0.2) is 29.4 Å². The number of halogens is 3. The van der Waals surface area contributed by atoms with E-state index in [1.165, 1.54) is 11.9 Å². The number of nitrogens with zero attached hydrogens (tertiary/aromatic N) is 4. The maximum Gasteiger partial charge on any atom is 0.321 e. The SMILES string of the molecule is Cc1cc(NC(=O)N2CCC([C@](C)(F)S(=O)(=O)c3cn(C)nc3C(F)F)CC2)ccn1. The van der Waals surface area contributed by atoms with Gasteiger partial charge in [0, 0.05) is 49.8 Å². The predicted molar refractivity (Wildman–Crippen MR) is 107 cm³/mol. The number of carbonyl (C=O) groups excluding carboxylic acids is 1. The van der Waals surface area contributed by atoms with Gasteiger partial charge in [-0.2, -0.15) is 5.10 Å². The fourth-order valence-corrected chi connectivity index (χ4v) is 5.50. The van der Waals surface area contributed by atoms with E-state index in [-0.39, 0.29) is 32.0 Å². The molecule has 0 radical (unpaired) electrons. The lowest BCUT2D eigenvalue weighted by atomic mass is 9.92. The quantitative estimate of drug-likeness (QED) is 0.739. The third-order valence-electron chi connectivity index (χ3n) is 5.50. The summed E-state index contributed by atoms with van der Waals surface area (Å²) >= 11 is 0. The molecule has 0 bridgehead atoms. The van der Waals surface area contributed by atoms with Crippen LogP contribution in [-0.4, -0.2) is 52.2 Å². The number of hydrogen-bond donors (Lipinski definition) is 1. The Balaban J connectivity index is 1.71. The molecule has 1 atom stereocenters. The van der Waals surface area contributed by atoms with Crippen LogP contribution in [0.4, 0.5) is 23.7 Å². The van der Waals surface area contributed by atoms with Gasteiger partial charge in [-0.3, -0.25) is 9.67 Å². The molecular weight excluding hydrogens is 435 g/mol. The van der Waals surface area contributed by atoms with Crippen molar-refractivity contribution < 1.29 is 26.4 Å². The highest BCUT2D eigenvalue weighted by atomic mass is 32.2. The van der Waals surface area contributed by atoms with Crippen molar-refractivity contribution in [1.29, 1.82) is 0 Å². The van der Waals surface area contributed by atoms with Gasteiger partial charge in [0.15, 0.2) is 0 Å². The Kier molecular flexibility index (Phi) is 6.30. The highest BCUT2D eigenvalue weighted by molar-refractivity contribution is 7.92. The zero-order valence-electron chi connectivity index (χ0n) is 17.3. The van der Waals surface area contributed by atoms with Gasteiger partial charge in [0.2, 0.25) is 14.8 Å². The molecule has 0 aliphatic carbocycles. The average Bonchev–Trinajstić information content (AvgIpc) is 3.11. The average molecular weight is 459 g/mol. The monoisotopic (exact) mass is 459 g/mol. The molecule has 8 nitrogen and oxygen atoms in total. The van der Waals surface area contributed by atoms with Gasteiger partial charge in [-0.05, 0) is 38.8 Å². The van der Waals surface area contributed by atoms with Gasteiger partial charge >= 0.3 is 6.03 Å². The van der Waals surface area contributed by atoms with Gasteiger partial charge in [0.1, 0.15) is 10.6 Å². The van der Waals surface area contributed by atoms with Gasteiger partial charge in [0.25, 0.3) is 6.43 Å². The third kappa shape index (κ3) is 4.53. The van der Waals surface area contributed by atoms with E-state index in [1.54, 1.807) is 25.3 Å². The number of piperidine rings is 1. The second-order valence-electron chi connectivity index (χ2n) is 7.72. The number of likely N-dealkylation sites (tertiary alicyclic amines) is 1. The molecule has 12 heteroatoms. The second-order valence-corrected chi connectivity index (χ2v) is 9.96. The lowest BCUT2D eigenvalue weighted by molar-refractivity contribution is 0.116. The van der Waals surface area contributed by atoms with E-state index < -0.39 is 37.8 Å². The number of amides is 2. The minimum atomic E-state index is -4.74. The molecule has 1 N–H and O–H groups in total. The number of alkyl halides is 3. The van der Waals surface area contributed by atoms with Crippen molar-refractivity contribution in [2.24, 2.45) is 13.0 Å². The highest BCUT2D eigenvalue weighted by Crippen LogP contribution is 2.41. The second kappa shape index (κ2) is 8.48. The van der Waals surface area contributed by atoms with Crippen LogP contribution < -0.4 is 5.32 Å². The Morgan fingerprint density at radius 2 is 1.97 bits per heavy atom. The first-order chi connectivity index (χ1) is 14.4. The molecule has 1 fully saturated rings. The third-order valence-corrected chi connectivity index (χ3v) is 7.78. The molecule has 170 valence electrons. The van der Waals surface area contributed by atoms with Crippen LogP contribution in [0.5, 0.6) is 0 Å². The maximum atomic E-state index is 15.6. The van der Waals surface area contributed by atoms with Gasteiger partial charge in [0.05, 0.1) is 0 Å². The Morgan fingerprint density at radius 3 is 2.55 bits per heavy atom. The van der Waals surface area contributed by atoms with E-state index >= 15 is 4.39 Å². The maximum absolute atomic E-state index is 15.6. The fourth-order valence-electron chi connectivity index (χ4n) is 3.70. The molecule has 3 heterocycles. The number of rotatable bonds is 5. The number of anilines is 1. The van der Waals surface area contributed by atoms with E-state index in [9.17, 15) is 22.0 Å². The molecule has 0 saturated carbocycles. The summed E-state index contributed by atoms with van der Waals surface area (Å²) in [5.74, 6) is -0.963. The lowest BCUT2D eigenvalue weighted by Gasteiger charge is -2.37. The van der Waals surface area contributed by atoms with Crippen molar-refractivity contribution in [2.75, 3.05) is 18.4 Å². The number of pyridine rings is 1. The number of nitrogens with one attached hydrogen (secondary N) is 1.